The molecule has 0 spiro atoms. The summed E-state index contributed by atoms with van der Waals surface area (Å²) in [5, 5.41) is 8.09. The fraction of sp³-hybridized carbons (Fsp3) is 0.185. The lowest BCUT2D eigenvalue weighted by Gasteiger charge is -2.15. The maximum atomic E-state index is 14.1. The zero-order valence-corrected chi connectivity index (χ0v) is 32.3. The Labute approximate surface area is 324 Å². The highest BCUT2D eigenvalue weighted by molar-refractivity contribution is 9.69. The molecule has 0 atom stereocenters. The number of carbonyl (C=O) groups is 2. The molecule has 2 aromatic carbocycles. The number of benzene rings is 2. The van der Waals surface area contributed by atoms with Gasteiger partial charge in [-0.3, -0.25) is 18.7 Å². The molecule has 0 fully saturated rings. The van der Waals surface area contributed by atoms with Gasteiger partial charge < -0.3 is 9.84 Å². The summed E-state index contributed by atoms with van der Waals surface area (Å²) >= 11 is 20.6. The molecule has 0 aliphatic heterocycles. The smallest absolute Gasteiger partial charge is 0.431 e. The van der Waals surface area contributed by atoms with Gasteiger partial charge in [0.2, 0.25) is 0 Å². The van der Waals surface area contributed by atoms with Gasteiger partial charge in [-0.05, 0) is 24.3 Å². The fourth-order valence-electron chi connectivity index (χ4n) is 4.09. The predicted octanol–water partition coefficient (Wildman–Crippen LogP) is 6.34. The molecular weight excluding hydrogens is 982 g/mol. The first-order valence-corrected chi connectivity index (χ1v) is 16.7. The van der Waals surface area contributed by atoms with Gasteiger partial charge in [0.15, 0.2) is 0 Å². The number of nitrogens with zero attached hydrogens (tertiary/aromatic N) is 4. The minimum atomic E-state index is -4.98. The Morgan fingerprint density at radius 1 is 0.698 bits per heavy atom. The summed E-state index contributed by atoms with van der Waals surface area (Å²) in [6.07, 6.45) is -9.93. The van der Waals surface area contributed by atoms with Gasteiger partial charge in [-0.25, -0.2) is 37.1 Å². The van der Waals surface area contributed by atoms with Gasteiger partial charge in [-0.1, -0.05) is 23.2 Å². The molecule has 4 rings (SSSR count). The van der Waals surface area contributed by atoms with Crippen molar-refractivity contribution >= 4 is 85.6 Å². The van der Waals surface area contributed by atoms with E-state index < -0.39 is 91.8 Å². The molecule has 0 aliphatic carbocycles. The van der Waals surface area contributed by atoms with Crippen LogP contribution in [0.15, 0.2) is 55.6 Å². The standard InChI is InChI=1S/C14H9ClF4N2O4.C13H7ClF4N2O4.BBr3/c1-20-10(14(17,18)19)5-11(22)21(13(20)24)9-3-6(12(23)25-2)7(15)4-8(9)16;1-19-9(13(16,17)18)4-10(21)20(12(19)24)8-2-5(11(22)23)6(14)3-7(8)15;2-1(3)4/h3-5H,1-2H3;2-4H,1H3,(H,22,23);. The highest BCUT2D eigenvalue weighted by Crippen LogP contribution is 2.29. The molecule has 2 heterocycles. The van der Waals surface area contributed by atoms with Crippen molar-refractivity contribution in [1.82, 2.24) is 18.3 Å². The lowest BCUT2D eigenvalue weighted by molar-refractivity contribution is -0.144. The van der Waals surface area contributed by atoms with E-state index in [9.17, 15) is 63.9 Å². The van der Waals surface area contributed by atoms with Crippen LogP contribution >= 0.6 is 70.5 Å². The zero-order valence-electron chi connectivity index (χ0n) is 26.0. The normalized spacial score (nSPS) is 11.2. The quantitative estimate of drug-likeness (QED) is 0.142. The van der Waals surface area contributed by atoms with Crippen LogP contribution in [0.5, 0.6) is 0 Å². The van der Waals surface area contributed by atoms with E-state index in [1.54, 1.807) is 0 Å². The highest BCUT2D eigenvalue weighted by Gasteiger charge is 2.36. The van der Waals surface area contributed by atoms with Crippen molar-refractivity contribution in [1.29, 1.82) is 0 Å². The fourth-order valence-corrected chi connectivity index (χ4v) is 4.55. The van der Waals surface area contributed by atoms with E-state index in [0.717, 1.165) is 27.3 Å². The van der Waals surface area contributed by atoms with E-state index in [2.05, 4.69) is 52.0 Å². The van der Waals surface area contributed by atoms with Crippen molar-refractivity contribution in [3.05, 3.63) is 122 Å². The predicted molar refractivity (Wildman–Crippen MR) is 185 cm³/mol. The van der Waals surface area contributed by atoms with Gasteiger partial charge in [0.25, 0.3) is 11.1 Å². The molecule has 0 amide bonds. The van der Waals surface area contributed by atoms with Crippen LogP contribution in [0.1, 0.15) is 32.1 Å². The number of aromatic carboxylic acids is 1. The molecule has 1 N–H and O–H groups in total. The molecule has 26 heteroatoms. The van der Waals surface area contributed by atoms with E-state index in [-0.39, 0.29) is 44.2 Å². The Kier molecular flexibility index (Phi) is 15.1. The van der Waals surface area contributed by atoms with Crippen LogP contribution in [0.3, 0.4) is 0 Å². The minimum absolute atomic E-state index is 0.0906. The highest BCUT2D eigenvalue weighted by atomic mass is 79.9. The summed E-state index contributed by atoms with van der Waals surface area (Å²) < 4.78 is 110. The Morgan fingerprint density at radius 3 is 1.32 bits per heavy atom. The summed E-state index contributed by atoms with van der Waals surface area (Å²) in [6, 6.07) is 2.79. The van der Waals surface area contributed by atoms with Crippen molar-refractivity contribution in [3.63, 3.8) is 0 Å². The maximum absolute atomic E-state index is 14.1. The van der Waals surface area contributed by atoms with Crippen LogP contribution in [-0.4, -0.2) is 45.6 Å². The van der Waals surface area contributed by atoms with Crippen molar-refractivity contribution in [2.24, 2.45) is 14.1 Å². The van der Waals surface area contributed by atoms with Gasteiger partial charge >= 0.3 is 38.9 Å². The maximum Gasteiger partial charge on any atom is 0.431 e. The van der Waals surface area contributed by atoms with Crippen molar-refractivity contribution in [3.8, 4) is 11.4 Å². The van der Waals surface area contributed by atoms with E-state index in [1.807, 2.05) is 0 Å². The average molecular weight is 998 g/mol. The number of ether oxygens (including phenoxy) is 1. The summed E-state index contributed by atoms with van der Waals surface area (Å²) in [7, 11) is 2.54. The van der Waals surface area contributed by atoms with Crippen LogP contribution in [0.25, 0.3) is 11.4 Å². The van der Waals surface area contributed by atoms with Crippen LogP contribution in [-0.2, 0) is 31.2 Å². The molecule has 0 radical (unpaired) electrons. The SMILES string of the molecule is BrB(Br)Br.COC(=O)c1cc(-n2c(=O)cc(C(F)(F)F)n(C)c2=O)c(F)cc1Cl.Cn1c(C(F)(F)F)cc(=O)n(-c2cc(C(=O)O)c(Cl)cc2F)c1=O. The van der Waals surface area contributed by atoms with E-state index in [1.165, 1.54) is 0 Å². The number of alkyl halides is 6. The second kappa shape index (κ2) is 17.6. The van der Waals surface area contributed by atoms with Gasteiger partial charge in [0.05, 0.1) is 39.7 Å². The molecule has 12 nitrogen and oxygen atoms in total. The molecule has 53 heavy (non-hydrogen) atoms. The first-order chi connectivity index (χ1) is 24.2. The summed E-state index contributed by atoms with van der Waals surface area (Å²) in [5.74, 6) is -4.98. The van der Waals surface area contributed by atoms with E-state index in [4.69, 9.17) is 28.3 Å². The molecule has 4 aromatic rings. The van der Waals surface area contributed by atoms with Crippen LogP contribution in [0.4, 0.5) is 35.1 Å². The second-order valence-corrected chi connectivity index (χ2v) is 16.9. The number of methoxy groups -OCH3 is 1. The monoisotopic (exact) mass is 994 g/mol. The van der Waals surface area contributed by atoms with Gasteiger partial charge in [0, 0.05) is 26.2 Å². The Morgan fingerprint density at radius 2 is 1.02 bits per heavy atom. The van der Waals surface area contributed by atoms with Gasteiger partial charge in [0.1, 0.15) is 23.0 Å². The summed E-state index contributed by atoms with van der Waals surface area (Å²) in [6.45, 7) is 0. The van der Waals surface area contributed by atoms with E-state index >= 15 is 0 Å². The zero-order chi connectivity index (χ0) is 41.1. The first-order valence-electron chi connectivity index (χ1n) is 13.2. The Hall–Kier alpha value is -3.74. The lowest BCUT2D eigenvalue weighted by atomic mass is 10.2. The van der Waals surface area contributed by atoms with Gasteiger partial charge in [-0.2, -0.15) is 26.3 Å². The largest absolute Gasteiger partial charge is 0.478 e. The Bertz CT molecular complexity index is 2330. The van der Waals surface area contributed by atoms with Crippen molar-refractivity contribution < 1.29 is 54.6 Å². The molecule has 0 bridgehead atoms. The molecule has 0 unspecified atom stereocenters. The van der Waals surface area contributed by atoms with Crippen LogP contribution in [0, 0.1) is 11.6 Å². The Balaban J connectivity index is 0.000000333. The number of rotatable bonds is 4. The number of carboxylic acid groups (broad SMARTS) is 1. The van der Waals surface area contributed by atoms with Gasteiger partial charge in [-0.15, -0.1) is 47.3 Å². The van der Waals surface area contributed by atoms with Crippen molar-refractivity contribution in [2.75, 3.05) is 7.11 Å². The molecule has 0 saturated carbocycles. The third kappa shape index (κ3) is 10.7. The molecule has 0 saturated heterocycles. The third-order valence-corrected chi connectivity index (χ3v) is 7.04. The number of hydrogen-bond donors (Lipinski definition) is 1. The second-order valence-electron chi connectivity index (χ2n) is 9.70. The number of carbonyl (C=O) groups excluding carboxylic acids is 1. The number of esters is 1. The summed E-state index contributed by atoms with van der Waals surface area (Å²) in [4.78, 5) is 70.7. The first kappa shape index (κ1) is 45.4. The minimum Gasteiger partial charge on any atom is -0.478 e. The molecule has 0 aliphatic rings. The van der Waals surface area contributed by atoms with Crippen LogP contribution in [0.2, 0.25) is 10.0 Å². The van der Waals surface area contributed by atoms with E-state index in [0.29, 0.717) is 18.2 Å². The van der Waals surface area contributed by atoms with Crippen LogP contribution < -0.4 is 22.5 Å². The number of halogens is 13. The number of carboxylic acids is 1. The average Bonchev–Trinajstić information content (AvgIpc) is 3.01. The number of aromatic nitrogens is 4. The van der Waals surface area contributed by atoms with Crippen molar-refractivity contribution in [2.45, 2.75) is 12.4 Å². The number of hydrogen-bond acceptors (Lipinski definition) is 7. The molecular formula is C27H16BBr3Cl2F8N4O8. The third-order valence-electron chi connectivity index (χ3n) is 6.41. The lowest BCUT2D eigenvalue weighted by Crippen LogP contribution is -2.41. The summed E-state index contributed by atoms with van der Waals surface area (Å²) in [5.41, 5.74) is -11.4. The topological polar surface area (TPSA) is 152 Å². The molecule has 2 aromatic heterocycles. The molecule has 286 valence electrons.